The first kappa shape index (κ1) is 17.0. The number of carbonyl (C=O) groups excluding carboxylic acids is 3. The van der Waals surface area contributed by atoms with Gasteiger partial charge in [0.1, 0.15) is 11.7 Å². The minimum Gasteiger partial charge on any atom is -0.338 e. The number of urea groups is 1. The Morgan fingerprint density at radius 3 is 2.93 bits per heavy atom. The fourth-order valence-electron chi connectivity index (χ4n) is 3.53. The molecule has 1 atom stereocenters. The number of nitrogens with one attached hydrogen (secondary N) is 3. The third kappa shape index (κ3) is 2.99. The molecule has 0 bridgehead atoms. The molecular formula is C19H19N5O3. The second kappa shape index (κ2) is 6.71. The second-order valence-electron chi connectivity index (χ2n) is 6.43. The summed E-state index contributed by atoms with van der Waals surface area (Å²) < 4.78 is 1.88. The van der Waals surface area contributed by atoms with Crippen molar-refractivity contribution in [1.82, 2.24) is 20.2 Å². The predicted molar refractivity (Wildman–Crippen MR) is 101 cm³/mol. The van der Waals surface area contributed by atoms with Gasteiger partial charge in [-0.3, -0.25) is 14.9 Å². The highest BCUT2D eigenvalue weighted by Crippen LogP contribution is 2.34. The molecule has 4 amide bonds. The van der Waals surface area contributed by atoms with E-state index in [0.29, 0.717) is 30.7 Å². The van der Waals surface area contributed by atoms with E-state index in [9.17, 15) is 14.4 Å². The van der Waals surface area contributed by atoms with Crippen LogP contribution in [0.5, 0.6) is 0 Å². The van der Waals surface area contributed by atoms with Gasteiger partial charge in [-0.2, -0.15) is 0 Å². The van der Waals surface area contributed by atoms with E-state index in [1.54, 1.807) is 12.3 Å². The van der Waals surface area contributed by atoms with E-state index in [4.69, 9.17) is 0 Å². The lowest BCUT2D eigenvalue weighted by atomic mass is 10.1. The highest BCUT2D eigenvalue weighted by atomic mass is 16.2. The van der Waals surface area contributed by atoms with Gasteiger partial charge in [0, 0.05) is 35.6 Å². The molecular weight excluding hydrogens is 346 g/mol. The van der Waals surface area contributed by atoms with Crippen LogP contribution in [0.4, 0.5) is 10.5 Å². The zero-order chi connectivity index (χ0) is 19.0. The van der Waals surface area contributed by atoms with Crippen molar-refractivity contribution >= 4 is 45.5 Å². The molecule has 1 aliphatic heterocycles. The first-order valence-electron chi connectivity index (χ1n) is 8.85. The van der Waals surface area contributed by atoms with Crippen molar-refractivity contribution in [3.63, 3.8) is 0 Å². The van der Waals surface area contributed by atoms with Gasteiger partial charge >= 0.3 is 6.03 Å². The standard InChI is InChI=1S/C19H19N5O3/c1-2-20-19(27)22-11-5-6-14-13(10-11)12-4-3-9-21-17(12)24(14)15-7-8-16(25)23-18(15)26/h3-6,9-10,15H,2,7-8H2,1H3,(H2,20,22,27)(H,23,25,26)/t15-/m0/s1. The van der Waals surface area contributed by atoms with Gasteiger partial charge < -0.3 is 15.2 Å². The number of benzene rings is 1. The predicted octanol–water partition coefficient (Wildman–Crippen LogP) is 2.31. The summed E-state index contributed by atoms with van der Waals surface area (Å²) in [4.78, 5) is 40.2. The number of anilines is 1. The number of rotatable bonds is 3. The summed E-state index contributed by atoms with van der Waals surface area (Å²) in [5, 5.41) is 9.67. The summed E-state index contributed by atoms with van der Waals surface area (Å²) in [6.45, 7) is 2.38. The van der Waals surface area contributed by atoms with Crippen molar-refractivity contribution < 1.29 is 14.4 Å². The summed E-state index contributed by atoms with van der Waals surface area (Å²) in [5.74, 6) is -0.571. The number of pyridine rings is 1. The van der Waals surface area contributed by atoms with Crippen LogP contribution in [-0.4, -0.2) is 33.9 Å². The monoisotopic (exact) mass is 365 g/mol. The number of aromatic nitrogens is 2. The van der Waals surface area contributed by atoms with Gasteiger partial charge in [0.2, 0.25) is 11.8 Å². The fraction of sp³-hybridized carbons (Fsp3) is 0.263. The molecule has 1 aliphatic rings. The molecule has 1 saturated heterocycles. The lowest BCUT2D eigenvalue weighted by Gasteiger charge is -2.23. The van der Waals surface area contributed by atoms with Crippen LogP contribution in [0.2, 0.25) is 0 Å². The normalized spacial score (nSPS) is 17.1. The van der Waals surface area contributed by atoms with Crippen LogP contribution >= 0.6 is 0 Å². The second-order valence-corrected chi connectivity index (χ2v) is 6.43. The van der Waals surface area contributed by atoms with Crippen LogP contribution in [0.25, 0.3) is 21.9 Å². The zero-order valence-corrected chi connectivity index (χ0v) is 14.8. The summed E-state index contributed by atoms with van der Waals surface area (Å²) in [5.41, 5.74) is 2.16. The molecule has 27 heavy (non-hydrogen) atoms. The molecule has 8 heteroatoms. The summed E-state index contributed by atoms with van der Waals surface area (Å²) in [6, 6.07) is 8.52. The van der Waals surface area contributed by atoms with Gasteiger partial charge in [-0.05, 0) is 43.7 Å². The third-order valence-electron chi connectivity index (χ3n) is 4.68. The Labute approximate surface area is 154 Å². The van der Waals surface area contributed by atoms with E-state index >= 15 is 0 Å². The Morgan fingerprint density at radius 1 is 1.30 bits per heavy atom. The van der Waals surface area contributed by atoms with Crippen molar-refractivity contribution in [1.29, 1.82) is 0 Å². The number of fused-ring (bicyclic) bond motifs is 3. The number of hydrogen-bond donors (Lipinski definition) is 3. The topological polar surface area (TPSA) is 105 Å². The molecule has 0 saturated carbocycles. The Kier molecular flexibility index (Phi) is 4.23. The number of nitrogens with zero attached hydrogens (tertiary/aromatic N) is 2. The van der Waals surface area contributed by atoms with Crippen molar-refractivity contribution in [2.24, 2.45) is 0 Å². The van der Waals surface area contributed by atoms with Crippen LogP contribution < -0.4 is 16.0 Å². The number of hydrogen-bond acceptors (Lipinski definition) is 4. The Bertz CT molecular complexity index is 1070. The average molecular weight is 365 g/mol. The van der Waals surface area contributed by atoms with Crippen LogP contribution in [0.15, 0.2) is 36.5 Å². The summed E-state index contributed by atoms with van der Waals surface area (Å²) in [6.07, 6.45) is 2.40. The average Bonchev–Trinajstić information content (AvgIpc) is 2.96. The van der Waals surface area contributed by atoms with Crippen LogP contribution in [0.3, 0.4) is 0 Å². The highest BCUT2D eigenvalue weighted by molar-refractivity contribution is 6.10. The summed E-state index contributed by atoms with van der Waals surface area (Å²) in [7, 11) is 0. The molecule has 2 aromatic heterocycles. The van der Waals surface area contributed by atoms with Crippen molar-refractivity contribution in [2.75, 3.05) is 11.9 Å². The number of imide groups is 1. The highest BCUT2D eigenvalue weighted by Gasteiger charge is 2.30. The number of piperidine rings is 1. The molecule has 8 nitrogen and oxygen atoms in total. The van der Waals surface area contributed by atoms with Crippen molar-refractivity contribution in [3.05, 3.63) is 36.5 Å². The Hall–Kier alpha value is -3.42. The molecule has 3 N–H and O–H groups in total. The lowest BCUT2D eigenvalue weighted by Crippen LogP contribution is -2.41. The van der Waals surface area contributed by atoms with E-state index < -0.39 is 6.04 Å². The van der Waals surface area contributed by atoms with Crippen LogP contribution in [-0.2, 0) is 9.59 Å². The molecule has 0 unspecified atom stereocenters. The third-order valence-corrected chi connectivity index (χ3v) is 4.68. The van der Waals surface area contributed by atoms with Gasteiger partial charge in [-0.1, -0.05) is 0 Å². The van der Waals surface area contributed by atoms with E-state index in [1.807, 2.05) is 35.8 Å². The number of amides is 4. The van der Waals surface area contributed by atoms with Gasteiger partial charge in [0.15, 0.2) is 0 Å². The quantitative estimate of drug-likeness (QED) is 0.619. The van der Waals surface area contributed by atoms with Crippen LogP contribution in [0.1, 0.15) is 25.8 Å². The maximum atomic E-state index is 12.4. The fourth-order valence-corrected chi connectivity index (χ4v) is 3.53. The van der Waals surface area contributed by atoms with Crippen LogP contribution in [0, 0.1) is 0 Å². The SMILES string of the molecule is CCNC(=O)Nc1ccc2c(c1)c1cccnc1n2[C@H]1CCC(=O)NC1=O. The largest absolute Gasteiger partial charge is 0.338 e. The maximum absolute atomic E-state index is 12.4. The summed E-state index contributed by atoms with van der Waals surface area (Å²) >= 11 is 0. The first-order chi connectivity index (χ1) is 13.1. The minimum absolute atomic E-state index is 0.251. The van der Waals surface area contributed by atoms with Gasteiger partial charge in [-0.15, -0.1) is 0 Å². The first-order valence-corrected chi connectivity index (χ1v) is 8.85. The van der Waals surface area contributed by atoms with Gasteiger partial charge in [0.05, 0.1) is 5.52 Å². The molecule has 0 aliphatic carbocycles. The van der Waals surface area contributed by atoms with Gasteiger partial charge in [0.25, 0.3) is 0 Å². The maximum Gasteiger partial charge on any atom is 0.319 e. The van der Waals surface area contributed by atoms with E-state index in [-0.39, 0.29) is 17.8 Å². The minimum atomic E-state index is -0.500. The molecule has 1 aromatic carbocycles. The van der Waals surface area contributed by atoms with E-state index in [1.165, 1.54) is 0 Å². The van der Waals surface area contributed by atoms with Gasteiger partial charge in [-0.25, -0.2) is 9.78 Å². The van der Waals surface area contributed by atoms with E-state index in [0.717, 1.165) is 16.3 Å². The molecule has 1 fully saturated rings. The Morgan fingerprint density at radius 2 is 2.15 bits per heavy atom. The molecule has 0 spiro atoms. The lowest BCUT2D eigenvalue weighted by molar-refractivity contribution is -0.135. The smallest absolute Gasteiger partial charge is 0.319 e. The number of carbonyl (C=O) groups is 3. The molecule has 4 rings (SSSR count). The van der Waals surface area contributed by atoms with Crippen molar-refractivity contribution in [2.45, 2.75) is 25.8 Å². The van der Waals surface area contributed by atoms with E-state index in [2.05, 4.69) is 20.9 Å². The van der Waals surface area contributed by atoms with Crippen molar-refractivity contribution in [3.8, 4) is 0 Å². The molecule has 138 valence electrons. The molecule has 3 heterocycles. The molecule has 0 radical (unpaired) electrons. The molecule has 3 aromatic rings. The Balaban J connectivity index is 1.85. The zero-order valence-electron chi connectivity index (χ0n) is 14.8.